The molecule has 1 N–H and O–H groups in total. The molecule has 0 spiro atoms. The average Bonchev–Trinajstić information content (AvgIpc) is 2.60. The minimum absolute atomic E-state index is 0.169. The maximum atomic E-state index is 12.7. The van der Waals surface area contributed by atoms with Gasteiger partial charge in [0.1, 0.15) is 5.75 Å². The van der Waals surface area contributed by atoms with Gasteiger partial charge in [0.15, 0.2) is 0 Å². The number of hydrogen-bond donors (Lipinski definition) is 1. The summed E-state index contributed by atoms with van der Waals surface area (Å²) in [5, 5.41) is 0.713. The van der Waals surface area contributed by atoms with Crippen LogP contribution in [0, 0.1) is 6.92 Å². The number of benzene rings is 2. The van der Waals surface area contributed by atoms with E-state index in [2.05, 4.69) is 4.72 Å². The van der Waals surface area contributed by atoms with Crippen LogP contribution >= 0.6 is 23.4 Å². The van der Waals surface area contributed by atoms with Crippen molar-refractivity contribution in [2.24, 2.45) is 0 Å². The molecule has 0 saturated carbocycles. The number of rotatable bonds is 9. The molecule has 0 saturated heterocycles. The number of methoxy groups -OCH3 is 1. The fourth-order valence-electron chi connectivity index (χ4n) is 2.74. The summed E-state index contributed by atoms with van der Waals surface area (Å²) in [6, 6.07) is 11.2. The molecule has 2 rings (SSSR count). The Labute approximate surface area is 171 Å². The smallest absolute Gasteiger partial charge is 0.240 e. The quantitative estimate of drug-likeness (QED) is 0.572. The van der Waals surface area contributed by atoms with Crippen LogP contribution in [0.1, 0.15) is 36.5 Å². The van der Waals surface area contributed by atoms with Crippen molar-refractivity contribution < 1.29 is 13.2 Å². The van der Waals surface area contributed by atoms with Gasteiger partial charge in [-0.25, -0.2) is 13.1 Å². The minimum atomic E-state index is -3.56. The first-order valence-corrected chi connectivity index (χ1v) is 11.8. The molecule has 0 fully saturated rings. The van der Waals surface area contributed by atoms with E-state index in [9.17, 15) is 8.42 Å². The number of nitrogens with one attached hydrogen (secondary N) is 1. The highest BCUT2D eigenvalue weighted by Crippen LogP contribution is 2.31. The standard InChI is InChI=1S/C20H26ClNO3S2/c1-14(2)18-12-20(15(3)10-19(18)25-4)27(23,24)22-8-9-26-13-16-6-5-7-17(21)11-16/h5-7,10-12,14,22H,8-9,13H2,1-4H3. The topological polar surface area (TPSA) is 55.4 Å². The lowest BCUT2D eigenvalue weighted by Crippen LogP contribution is -2.27. The Balaban J connectivity index is 1.99. The van der Waals surface area contributed by atoms with E-state index in [1.807, 2.05) is 38.1 Å². The average molecular weight is 428 g/mol. The number of hydrogen-bond acceptors (Lipinski definition) is 4. The van der Waals surface area contributed by atoms with Gasteiger partial charge in [0.25, 0.3) is 0 Å². The highest BCUT2D eigenvalue weighted by Gasteiger charge is 2.20. The van der Waals surface area contributed by atoms with Crippen LogP contribution in [-0.4, -0.2) is 27.8 Å². The molecule has 2 aromatic rings. The highest BCUT2D eigenvalue weighted by atomic mass is 35.5. The molecule has 0 aliphatic carbocycles. The minimum Gasteiger partial charge on any atom is -0.496 e. The lowest BCUT2D eigenvalue weighted by atomic mass is 10.0. The van der Waals surface area contributed by atoms with Gasteiger partial charge in [-0.3, -0.25) is 0 Å². The summed E-state index contributed by atoms with van der Waals surface area (Å²) in [5.74, 6) is 2.36. The lowest BCUT2D eigenvalue weighted by molar-refractivity contribution is 0.406. The van der Waals surface area contributed by atoms with E-state index in [1.165, 1.54) is 0 Å². The zero-order valence-corrected chi connectivity index (χ0v) is 18.5. The van der Waals surface area contributed by atoms with Crippen LogP contribution < -0.4 is 9.46 Å². The molecule has 0 heterocycles. The van der Waals surface area contributed by atoms with E-state index in [0.717, 1.165) is 22.6 Å². The Hall–Kier alpha value is -1.21. The van der Waals surface area contributed by atoms with Crippen molar-refractivity contribution in [1.82, 2.24) is 4.72 Å². The van der Waals surface area contributed by atoms with Crippen LogP contribution in [0.25, 0.3) is 0 Å². The molecule has 0 radical (unpaired) electrons. The summed E-state index contributed by atoms with van der Waals surface area (Å²) in [7, 11) is -1.96. The predicted molar refractivity (Wildman–Crippen MR) is 115 cm³/mol. The predicted octanol–water partition coefficient (Wildman–Crippen LogP) is 4.99. The molecule has 2 aromatic carbocycles. The largest absolute Gasteiger partial charge is 0.496 e. The first-order valence-electron chi connectivity index (χ1n) is 8.75. The van der Waals surface area contributed by atoms with Crippen LogP contribution in [0.15, 0.2) is 41.3 Å². The van der Waals surface area contributed by atoms with Gasteiger partial charge in [-0.1, -0.05) is 37.6 Å². The Bertz CT molecular complexity index is 883. The Morgan fingerprint density at radius 3 is 2.59 bits per heavy atom. The maximum Gasteiger partial charge on any atom is 0.240 e. The molecule has 0 aromatic heterocycles. The summed E-state index contributed by atoms with van der Waals surface area (Å²) < 4.78 is 33.5. The van der Waals surface area contributed by atoms with Gasteiger partial charge in [0.2, 0.25) is 10.0 Å². The second-order valence-electron chi connectivity index (χ2n) is 6.59. The summed E-state index contributed by atoms with van der Waals surface area (Å²) >= 11 is 7.64. The van der Waals surface area contributed by atoms with Crippen molar-refractivity contribution in [2.75, 3.05) is 19.4 Å². The summed E-state index contributed by atoms with van der Waals surface area (Å²) in [4.78, 5) is 0.312. The fourth-order valence-corrected chi connectivity index (χ4v) is 5.18. The summed E-state index contributed by atoms with van der Waals surface area (Å²) in [6.07, 6.45) is 0. The van der Waals surface area contributed by atoms with Gasteiger partial charge in [0.05, 0.1) is 12.0 Å². The van der Waals surface area contributed by atoms with Crippen LogP contribution in [-0.2, 0) is 15.8 Å². The van der Waals surface area contributed by atoms with E-state index in [-0.39, 0.29) is 5.92 Å². The molecule has 0 atom stereocenters. The lowest BCUT2D eigenvalue weighted by Gasteiger charge is -2.16. The molecule has 0 unspecified atom stereocenters. The van der Waals surface area contributed by atoms with Crippen LogP contribution in [0.5, 0.6) is 5.75 Å². The zero-order valence-electron chi connectivity index (χ0n) is 16.1. The highest BCUT2D eigenvalue weighted by molar-refractivity contribution is 7.98. The van der Waals surface area contributed by atoms with E-state index in [1.54, 1.807) is 37.9 Å². The van der Waals surface area contributed by atoms with Crippen molar-refractivity contribution >= 4 is 33.4 Å². The van der Waals surface area contributed by atoms with E-state index < -0.39 is 10.0 Å². The first-order chi connectivity index (χ1) is 12.7. The number of thioether (sulfide) groups is 1. The van der Waals surface area contributed by atoms with E-state index in [4.69, 9.17) is 16.3 Å². The molecule has 0 bridgehead atoms. The second-order valence-corrected chi connectivity index (χ2v) is 9.87. The third kappa shape index (κ3) is 6.14. The first kappa shape index (κ1) is 22.1. The molecular formula is C20H26ClNO3S2. The van der Waals surface area contributed by atoms with Gasteiger partial charge in [-0.05, 0) is 53.8 Å². The molecule has 148 valence electrons. The SMILES string of the molecule is COc1cc(C)c(S(=O)(=O)NCCSCc2cccc(Cl)c2)cc1C(C)C. The van der Waals surface area contributed by atoms with Gasteiger partial charge in [-0.2, -0.15) is 11.8 Å². The molecule has 4 nitrogen and oxygen atoms in total. The normalized spacial score (nSPS) is 11.8. The molecule has 0 aliphatic rings. The van der Waals surface area contributed by atoms with Crippen molar-refractivity contribution in [3.63, 3.8) is 0 Å². The Morgan fingerprint density at radius 2 is 1.96 bits per heavy atom. The Kier molecular flexibility index (Phi) is 8.04. The third-order valence-electron chi connectivity index (χ3n) is 4.14. The molecular weight excluding hydrogens is 402 g/mol. The van der Waals surface area contributed by atoms with Crippen LogP contribution in [0.3, 0.4) is 0 Å². The third-order valence-corrected chi connectivity index (χ3v) is 7.00. The van der Waals surface area contributed by atoms with Crippen molar-refractivity contribution in [2.45, 2.75) is 37.3 Å². The van der Waals surface area contributed by atoms with E-state index in [0.29, 0.717) is 27.8 Å². The summed E-state index contributed by atoms with van der Waals surface area (Å²) in [6.45, 7) is 6.19. The molecule has 7 heteroatoms. The summed E-state index contributed by atoms with van der Waals surface area (Å²) in [5.41, 5.74) is 2.69. The van der Waals surface area contributed by atoms with E-state index >= 15 is 0 Å². The van der Waals surface area contributed by atoms with Crippen molar-refractivity contribution in [3.8, 4) is 5.75 Å². The fraction of sp³-hybridized carbons (Fsp3) is 0.400. The monoisotopic (exact) mass is 427 g/mol. The van der Waals surface area contributed by atoms with Gasteiger partial charge >= 0.3 is 0 Å². The Morgan fingerprint density at radius 1 is 1.22 bits per heavy atom. The molecule has 0 aliphatic heterocycles. The van der Waals surface area contributed by atoms with Gasteiger partial charge in [0, 0.05) is 23.1 Å². The van der Waals surface area contributed by atoms with Crippen molar-refractivity contribution in [1.29, 1.82) is 0 Å². The van der Waals surface area contributed by atoms with Crippen LogP contribution in [0.4, 0.5) is 0 Å². The van der Waals surface area contributed by atoms with Gasteiger partial charge < -0.3 is 4.74 Å². The number of aryl methyl sites for hydroxylation is 1. The van der Waals surface area contributed by atoms with Crippen molar-refractivity contribution in [3.05, 3.63) is 58.1 Å². The molecule has 0 amide bonds. The maximum absolute atomic E-state index is 12.7. The second kappa shape index (κ2) is 9.82. The number of ether oxygens (including phenoxy) is 1. The zero-order chi connectivity index (χ0) is 20.0. The van der Waals surface area contributed by atoms with Crippen LogP contribution in [0.2, 0.25) is 5.02 Å². The van der Waals surface area contributed by atoms with Gasteiger partial charge in [-0.15, -0.1) is 0 Å². The number of sulfonamides is 1. The number of halogens is 1. The molecule has 27 heavy (non-hydrogen) atoms.